The molecule has 0 aliphatic heterocycles. The van der Waals surface area contributed by atoms with Crippen molar-refractivity contribution in [3.8, 4) is 5.75 Å². The molecule has 0 radical (unpaired) electrons. The van der Waals surface area contributed by atoms with Gasteiger partial charge in [0, 0.05) is 11.8 Å². The van der Waals surface area contributed by atoms with Gasteiger partial charge in [-0.3, -0.25) is 9.48 Å². The van der Waals surface area contributed by atoms with E-state index in [1.54, 1.807) is 35.1 Å². The van der Waals surface area contributed by atoms with Gasteiger partial charge in [0.05, 0.1) is 31.1 Å². The fourth-order valence-corrected chi connectivity index (χ4v) is 2.67. The van der Waals surface area contributed by atoms with Crippen LogP contribution in [0.15, 0.2) is 60.9 Å². The van der Waals surface area contributed by atoms with Gasteiger partial charge in [0.15, 0.2) is 0 Å². The van der Waals surface area contributed by atoms with E-state index < -0.39 is 18.5 Å². The maximum atomic E-state index is 12.3. The quantitative estimate of drug-likeness (QED) is 0.612. The number of esters is 1. The summed E-state index contributed by atoms with van der Waals surface area (Å²) >= 11 is 0. The normalized spacial score (nSPS) is 10.6. The summed E-state index contributed by atoms with van der Waals surface area (Å²) in [7, 11) is 1.31. The number of carbonyl (C=O) groups excluding carboxylic acids is 2. The maximum Gasteiger partial charge on any atom is 0.387 e. The van der Waals surface area contributed by atoms with Crippen molar-refractivity contribution in [1.29, 1.82) is 0 Å². The van der Waals surface area contributed by atoms with E-state index >= 15 is 0 Å². The molecule has 0 atom stereocenters. The Bertz CT molecular complexity index is 1020. The van der Waals surface area contributed by atoms with Gasteiger partial charge in [0.2, 0.25) is 0 Å². The minimum absolute atomic E-state index is 0.109. The number of hydrogen-bond acceptors (Lipinski definition) is 5. The third-order valence-electron chi connectivity index (χ3n) is 3.97. The van der Waals surface area contributed by atoms with Crippen LogP contribution >= 0.6 is 0 Å². The molecule has 29 heavy (non-hydrogen) atoms. The highest BCUT2D eigenvalue weighted by Crippen LogP contribution is 2.18. The molecule has 1 amide bonds. The second-order valence-electron chi connectivity index (χ2n) is 5.94. The molecular formula is C20H17F2N3O4. The predicted molar refractivity (Wildman–Crippen MR) is 100 cm³/mol. The Kier molecular flexibility index (Phi) is 6.18. The number of amides is 1. The topological polar surface area (TPSA) is 82.5 Å². The van der Waals surface area contributed by atoms with Crippen LogP contribution in [-0.2, 0) is 11.3 Å². The first-order valence-electron chi connectivity index (χ1n) is 8.51. The van der Waals surface area contributed by atoms with Crippen LogP contribution in [0.3, 0.4) is 0 Å². The fourth-order valence-electron chi connectivity index (χ4n) is 2.67. The van der Waals surface area contributed by atoms with Crippen molar-refractivity contribution < 1.29 is 27.8 Å². The van der Waals surface area contributed by atoms with Crippen molar-refractivity contribution in [2.75, 3.05) is 12.4 Å². The van der Waals surface area contributed by atoms with E-state index in [0.717, 1.165) is 0 Å². The van der Waals surface area contributed by atoms with Crippen LogP contribution in [0, 0.1) is 0 Å². The first kappa shape index (κ1) is 20.0. The van der Waals surface area contributed by atoms with Crippen LogP contribution in [0.5, 0.6) is 5.75 Å². The Balaban J connectivity index is 1.70. The molecule has 0 saturated carbocycles. The smallest absolute Gasteiger partial charge is 0.387 e. The summed E-state index contributed by atoms with van der Waals surface area (Å²) in [5, 5.41) is 6.80. The summed E-state index contributed by atoms with van der Waals surface area (Å²) in [5.74, 6) is -1.06. The number of carbonyl (C=O) groups is 2. The highest BCUT2D eigenvalue weighted by Gasteiger charge is 2.13. The molecule has 0 bridgehead atoms. The van der Waals surface area contributed by atoms with Crippen molar-refractivity contribution in [3.05, 3.63) is 77.6 Å². The number of benzene rings is 2. The number of anilines is 1. The lowest BCUT2D eigenvalue weighted by Crippen LogP contribution is -2.12. The number of alkyl halides is 2. The Hall–Kier alpha value is -3.75. The lowest BCUT2D eigenvalue weighted by Gasteiger charge is -2.08. The number of nitrogens with zero attached hydrogens (tertiary/aromatic N) is 2. The van der Waals surface area contributed by atoms with E-state index in [1.807, 2.05) is 0 Å². The predicted octanol–water partition coefficient (Wildman–Crippen LogP) is 3.57. The molecule has 0 aliphatic carbocycles. The highest BCUT2D eigenvalue weighted by atomic mass is 19.3. The largest absolute Gasteiger partial charge is 0.465 e. The molecular weight excluding hydrogens is 384 g/mol. The van der Waals surface area contributed by atoms with Crippen LogP contribution in [0.25, 0.3) is 0 Å². The average Bonchev–Trinajstić information content (AvgIpc) is 3.14. The summed E-state index contributed by atoms with van der Waals surface area (Å²) < 4.78 is 35.3. The number of halogens is 2. The first-order chi connectivity index (χ1) is 14.0. The number of aromatic nitrogens is 2. The standard InChI is InChI=1S/C20H17F2N3O4/c1-28-19(27)17-8-3-2-5-14(17)11-25-12-15(10-23-25)24-18(26)13-6-4-7-16(9-13)29-20(21)22/h2-10,12,20H,11H2,1H3,(H,24,26). The SMILES string of the molecule is COC(=O)c1ccccc1Cn1cc(NC(=O)c2cccc(OC(F)F)c2)cn1. The number of ether oxygens (including phenoxy) is 2. The average molecular weight is 401 g/mol. The van der Waals surface area contributed by atoms with E-state index in [4.69, 9.17) is 4.74 Å². The Morgan fingerprint density at radius 2 is 1.97 bits per heavy atom. The van der Waals surface area contributed by atoms with Gasteiger partial charge in [-0.25, -0.2) is 4.79 Å². The molecule has 1 aromatic heterocycles. The first-order valence-corrected chi connectivity index (χ1v) is 8.51. The van der Waals surface area contributed by atoms with E-state index in [0.29, 0.717) is 23.4 Å². The summed E-state index contributed by atoms with van der Waals surface area (Å²) in [6, 6.07) is 12.4. The van der Waals surface area contributed by atoms with E-state index in [1.165, 1.54) is 37.6 Å². The summed E-state index contributed by atoms with van der Waals surface area (Å²) in [5.41, 5.74) is 1.70. The molecule has 0 fully saturated rings. The minimum Gasteiger partial charge on any atom is -0.465 e. The molecule has 150 valence electrons. The molecule has 3 aromatic rings. The number of nitrogens with one attached hydrogen (secondary N) is 1. The van der Waals surface area contributed by atoms with Crippen molar-refractivity contribution in [2.45, 2.75) is 13.2 Å². The molecule has 3 rings (SSSR count). The van der Waals surface area contributed by atoms with Crippen LogP contribution in [0.1, 0.15) is 26.3 Å². The number of rotatable bonds is 7. The van der Waals surface area contributed by atoms with Gasteiger partial charge in [-0.05, 0) is 29.8 Å². The second kappa shape index (κ2) is 8.96. The van der Waals surface area contributed by atoms with Gasteiger partial charge in [-0.15, -0.1) is 0 Å². The van der Waals surface area contributed by atoms with Gasteiger partial charge < -0.3 is 14.8 Å². The number of methoxy groups -OCH3 is 1. The van der Waals surface area contributed by atoms with Crippen molar-refractivity contribution in [3.63, 3.8) is 0 Å². The molecule has 7 nitrogen and oxygen atoms in total. The van der Waals surface area contributed by atoms with Crippen LogP contribution in [0.4, 0.5) is 14.5 Å². The van der Waals surface area contributed by atoms with E-state index in [-0.39, 0.29) is 11.3 Å². The van der Waals surface area contributed by atoms with Gasteiger partial charge in [-0.1, -0.05) is 24.3 Å². The van der Waals surface area contributed by atoms with Gasteiger partial charge in [-0.2, -0.15) is 13.9 Å². The molecule has 2 aromatic carbocycles. The zero-order valence-corrected chi connectivity index (χ0v) is 15.3. The maximum absolute atomic E-state index is 12.3. The van der Waals surface area contributed by atoms with Crippen molar-refractivity contribution >= 4 is 17.6 Å². The molecule has 0 spiro atoms. The summed E-state index contributed by atoms with van der Waals surface area (Å²) in [6.45, 7) is -2.68. The van der Waals surface area contributed by atoms with Crippen molar-refractivity contribution in [2.24, 2.45) is 0 Å². The van der Waals surface area contributed by atoms with Crippen LogP contribution in [-0.4, -0.2) is 35.4 Å². The molecule has 0 saturated heterocycles. The molecule has 0 unspecified atom stereocenters. The Morgan fingerprint density at radius 1 is 1.17 bits per heavy atom. The minimum atomic E-state index is -2.97. The fraction of sp³-hybridized carbons (Fsp3) is 0.150. The zero-order valence-electron chi connectivity index (χ0n) is 15.3. The monoisotopic (exact) mass is 401 g/mol. The number of hydrogen-bond donors (Lipinski definition) is 1. The van der Waals surface area contributed by atoms with Gasteiger partial charge >= 0.3 is 12.6 Å². The zero-order chi connectivity index (χ0) is 20.8. The Morgan fingerprint density at radius 3 is 2.72 bits per heavy atom. The lowest BCUT2D eigenvalue weighted by molar-refractivity contribution is -0.0498. The lowest BCUT2D eigenvalue weighted by atomic mass is 10.1. The third-order valence-corrected chi connectivity index (χ3v) is 3.97. The van der Waals surface area contributed by atoms with Gasteiger partial charge in [0.1, 0.15) is 5.75 Å². The molecule has 1 heterocycles. The van der Waals surface area contributed by atoms with Crippen LogP contribution < -0.4 is 10.1 Å². The van der Waals surface area contributed by atoms with Crippen LogP contribution in [0.2, 0.25) is 0 Å². The Labute approximate surface area is 164 Å². The van der Waals surface area contributed by atoms with E-state index in [9.17, 15) is 18.4 Å². The molecule has 1 N–H and O–H groups in total. The van der Waals surface area contributed by atoms with Gasteiger partial charge in [0.25, 0.3) is 5.91 Å². The van der Waals surface area contributed by atoms with Crippen molar-refractivity contribution in [1.82, 2.24) is 9.78 Å². The highest BCUT2D eigenvalue weighted by molar-refractivity contribution is 6.04. The summed E-state index contributed by atoms with van der Waals surface area (Å²) in [4.78, 5) is 24.2. The second-order valence-corrected chi connectivity index (χ2v) is 5.94. The summed E-state index contributed by atoms with van der Waals surface area (Å²) in [6.07, 6.45) is 3.03. The third kappa shape index (κ3) is 5.16. The molecule has 0 aliphatic rings. The molecule has 9 heteroatoms. The van der Waals surface area contributed by atoms with E-state index in [2.05, 4.69) is 15.2 Å².